The molecular formula is C21H20N4O3. The van der Waals surface area contributed by atoms with E-state index in [-0.39, 0.29) is 12.7 Å². The zero-order chi connectivity index (χ0) is 19.5. The van der Waals surface area contributed by atoms with Gasteiger partial charge in [0.1, 0.15) is 17.3 Å². The van der Waals surface area contributed by atoms with Crippen molar-refractivity contribution in [3.63, 3.8) is 0 Å². The van der Waals surface area contributed by atoms with Gasteiger partial charge in [-0.25, -0.2) is 9.97 Å². The Balaban J connectivity index is 1.47. The monoisotopic (exact) mass is 376 g/mol. The molecule has 2 N–H and O–H groups in total. The minimum atomic E-state index is -0.249. The van der Waals surface area contributed by atoms with Gasteiger partial charge in [0.15, 0.2) is 11.5 Å². The SMILES string of the molecule is Cc1cccc(CNC(=O)c2cc(Nc3ccc4c(c3)OCO4)nc(C)n2)c1. The maximum absolute atomic E-state index is 12.5. The first kappa shape index (κ1) is 17.8. The highest BCUT2D eigenvalue weighted by Gasteiger charge is 2.15. The molecule has 0 saturated carbocycles. The average molecular weight is 376 g/mol. The van der Waals surface area contributed by atoms with Crippen molar-refractivity contribution in [3.8, 4) is 11.5 Å². The molecule has 28 heavy (non-hydrogen) atoms. The van der Waals surface area contributed by atoms with Crippen LogP contribution >= 0.6 is 0 Å². The molecule has 2 aromatic carbocycles. The van der Waals surface area contributed by atoms with Crippen LogP contribution in [0.1, 0.15) is 27.4 Å². The Hall–Kier alpha value is -3.61. The van der Waals surface area contributed by atoms with E-state index in [1.165, 1.54) is 0 Å². The van der Waals surface area contributed by atoms with E-state index in [2.05, 4.69) is 20.6 Å². The largest absolute Gasteiger partial charge is 0.454 e. The van der Waals surface area contributed by atoms with E-state index in [9.17, 15) is 4.79 Å². The molecule has 0 bridgehead atoms. The number of carbonyl (C=O) groups is 1. The van der Waals surface area contributed by atoms with Crippen LogP contribution in [-0.4, -0.2) is 22.7 Å². The van der Waals surface area contributed by atoms with Crippen molar-refractivity contribution < 1.29 is 14.3 Å². The van der Waals surface area contributed by atoms with E-state index in [0.29, 0.717) is 35.4 Å². The van der Waals surface area contributed by atoms with Crippen molar-refractivity contribution in [1.29, 1.82) is 0 Å². The predicted molar refractivity (Wildman–Crippen MR) is 105 cm³/mol. The van der Waals surface area contributed by atoms with Crippen LogP contribution in [0.3, 0.4) is 0 Å². The number of nitrogens with zero attached hydrogens (tertiary/aromatic N) is 2. The molecular weight excluding hydrogens is 356 g/mol. The van der Waals surface area contributed by atoms with Crippen LogP contribution in [0, 0.1) is 13.8 Å². The summed E-state index contributed by atoms with van der Waals surface area (Å²) in [4.78, 5) is 21.2. The zero-order valence-electron chi connectivity index (χ0n) is 15.7. The molecule has 1 amide bonds. The van der Waals surface area contributed by atoms with E-state index in [1.54, 1.807) is 13.0 Å². The normalized spacial score (nSPS) is 11.9. The first-order chi connectivity index (χ1) is 13.6. The maximum Gasteiger partial charge on any atom is 0.270 e. The number of ether oxygens (including phenoxy) is 2. The number of carbonyl (C=O) groups excluding carboxylic acids is 1. The fourth-order valence-corrected chi connectivity index (χ4v) is 2.97. The zero-order valence-corrected chi connectivity index (χ0v) is 15.7. The van der Waals surface area contributed by atoms with Crippen molar-refractivity contribution in [2.75, 3.05) is 12.1 Å². The van der Waals surface area contributed by atoms with Gasteiger partial charge in [-0.05, 0) is 31.5 Å². The van der Waals surface area contributed by atoms with Crippen molar-refractivity contribution in [2.24, 2.45) is 0 Å². The van der Waals surface area contributed by atoms with Crippen LogP contribution in [0.15, 0.2) is 48.5 Å². The second kappa shape index (κ2) is 7.56. The van der Waals surface area contributed by atoms with Gasteiger partial charge >= 0.3 is 0 Å². The third-order valence-corrected chi connectivity index (χ3v) is 4.25. The molecule has 0 unspecified atom stereocenters. The summed E-state index contributed by atoms with van der Waals surface area (Å²) in [5.41, 5.74) is 3.29. The summed E-state index contributed by atoms with van der Waals surface area (Å²) in [5, 5.41) is 6.09. The third kappa shape index (κ3) is 4.03. The van der Waals surface area contributed by atoms with Gasteiger partial charge in [-0.3, -0.25) is 4.79 Å². The minimum Gasteiger partial charge on any atom is -0.454 e. The average Bonchev–Trinajstić information content (AvgIpc) is 3.13. The van der Waals surface area contributed by atoms with E-state index >= 15 is 0 Å². The van der Waals surface area contributed by atoms with Crippen LogP contribution in [0.4, 0.5) is 11.5 Å². The smallest absolute Gasteiger partial charge is 0.270 e. The lowest BCUT2D eigenvalue weighted by molar-refractivity contribution is 0.0945. The highest BCUT2D eigenvalue weighted by molar-refractivity contribution is 5.93. The number of aryl methyl sites for hydroxylation is 2. The van der Waals surface area contributed by atoms with Gasteiger partial charge in [-0.2, -0.15) is 0 Å². The molecule has 2 heterocycles. The summed E-state index contributed by atoms with van der Waals surface area (Å²) in [7, 11) is 0. The summed E-state index contributed by atoms with van der Waals surface area (Å²) in [6, 6.07) is 15.2. The van der Waals surface area contributed by atoms with Crippen LogP contribution in [-0.2, 0) is 6.54 Å². The Morgan fingerprint density at radius 3 is 2.75 bits per heavy atom. The lowest BCUT2D eigenvalue weighted by Gasteiger charge is -2.10. The number of aromatic nitrogens is 2. The number of amides is 1. The molecule has 142 valence electrons. The molecule has 4 rings (SSSR count). The summed E-state index contributed by atoms with van der Waals surface area (Å²) in [6.07, 6.45) is 0. The van der Waals surface area contributed by atoms with Crippen LogP contribution in [0.5, 0.6) is 11.5 Å². The lowest BCUT2D eigenvalue weighted by atomic mass is 10.1. The van der Waals surface area contributed by atoms with E-state index in [0.717, 1.165) is 16.8 Å². The summed E-state index contributed by atoms with van der Waals surface area (Å²) in [5.74, 6) is 2.17. The standard InChI is InChI=1S/C21H20N4O3/c1-13-4-3-5-15(8-13)11-22-21(26)17-10-20(24-14(2)23-17)25-16-6-7-18-19(9-16)28-12-27-18/h3-10H,11-12H2,1-2H3,(H,22,26)(H,23,24,25). The van der Waals surface area contributed by atoms with Gasteiger partial charge < -0.3 is 20.1 Å². The quantitative estimate of drug-likeness (QED) is 0.709. The topological polar surface area (TPSA) is 85.4 Å². The van der Waals surface area contributed by atoms with Crippen molar-refractivity contribution in [2.45, 2.75) is 20.4 Å². The van der Waals surface area contributed by atoms with Crippen molar-refractivity contribution >= 4 is 17.4 Å². The number of nitrogens with one attached hydrogen (secondary N) is 2. The number of fused-ring (bicyclic) bond motifs is 1. The highest BCUT2D eigenvalue weighted by atomic mass is 16.7. The Morgan fingerprint density at radius 1 is 1.04 bits per heavy atom. The maximum atomic E-state index is 12.5. The fourth-order valence-electron chi connectivity index (χ4n) is 2.97. The molecule has 0 atom stereocenters. The third-order valence-electron chi connectivity index (χ3n) is 4.25. The van der Waals surface area contributed by atoms with Gasteiger partial charge in [0.25, 0.3) is 5.91 Å². The molecule has 0 saturated heterocycles. The Kier molecular flexibility index (Phi) is 4.80. The Morgan fingerprint density at radius 2 is 1.89 bits per heavy atom. The molecule has 7 nitrogen and oxygen atoms in total. The molecule has 0 spiro atoms. The first-order valence-electron chi connectivity index (χ1n) is 8.93. The minimum absolute atomic E-state index is 0.219. The summed E-state index contributed by atoms with van der Waals surface area (Å²) in [6.45, 7) is 4.43. The van der Waals surface area contributed by atoms with Crippen LogP contribution in [0.2, 0.25) is 0 Å². The van der Waals surface area contributed by atoms with E-state index in [1.807, 2.05) is 49.4 Å². The van der Waals surface area contributed by atoms with Gasteiger partial charge in [0.05, 0.1) is 0 Å². The molecule has 1 aliphatic heterocycles. The second-order valence-corrected chi connectivity index (χ2v) is 6.55. The second-order valence-electron chi connectivity index (χ2n) is 6.55. The molecule has 1 aromatic heterocycles. The summed E-state index contributed by atoms with van der Waals surface area (Å²) >= 11 is 0. The van der Waals surface area contributed by atoms with E-state index in [4.69, 9.17) is 9.47 Å². The number of benzene rings is 2. The first-order valence-corrected chi connectivity index (χ1v) is 8.93. The van der Waals surface area contributed by atoms with Crippen molar-refractivity contribution in [3.05, 3.63) is 71.2 Å². The molecule has 0 aliphatic carbocycles. The fraction of sp³-hybridized carbons (Fsp3) is 0.190. The molecule has 1 aliphatic rings. The number of rotatable bonds is 5. The molecule has 7 heteroatoms. The number of hydrogen-bond donors (Lipinski definition) is 2. The number of hydrogen-bond acceptors (Lipinski definition) is 6. The lowest BCUT2D eigenvalue weighted by Crippen LogP contribution is -2.24. The van der Waals surface area contributed by atoms with Gasteiger partial charge in [0.2, 0.25) is 6.79 Å². The Bertz CT molecular complexity index is 1040. The van der Waals surface area contributed by atoms with E-state index < -0.39 is 0 Å². The van der Waals surface area contributed by atoms with Crippen LogP contribution < -0.4 is 20.1 Å². The van der Waals surface area contributed by atoms with Gasteiger partial charge in [-0.1, -0.05) is 29.8 Å². The van der Waals surface area contributed by atoms with Crippen molar-refractivity contribution in [1.82, 2.24) is 15.3 Å². The Labute approximate surface area is 162 Å². The highest BCUT2D eigenvalue weighted by Crippen LogP contribution is 2.34. The molecule has 0 fully saturated rings. The van der Waals surface area contributed by atoms with Crippen LogP contribution in [0.25, 0.3) is 0 Å². The summed E-state index contributed by atoms with van der Waals surface area (Å²) < 4.78 is 10.7. The molecule has 3 aromatic rings. The predicted octanol–water partition coefficient (Wildman–Crippen LogP) is 3.50. The van der Waals surface area contributed by atoms with Gasteiger partial charge in [-0.15, -0.1) is 0 Å². The van der Waals surface area contributed by atoms with Gasteiger partial charge in [0, 0.05) is 24.4 Å². The molecule has 0 radical (unpaired) electrons. The number of anilines is 2.